The minimum absolute atomic E-state index is 0.0932. The van der Waals surface area contributed by atoms with Gasteiger partial charge in [0.1, 0.15) is 17.9 Å². The highest BCUT2D eigenvalue weighted by atomic mass is 35.5. The largest absolute Gasteiger partial charge is 0.494 e. The third-order valence-electron chi connectivity index (χ3n) is 13.7. The van der Waals surface area contributed by atoms with Gasteiger partial charge in [-0.15, -0.1) is 0 Å². The van der Waals surface area contributed by atoms with E-state index in [4.69, 9.17) is 22.1 Å². The lowest BCUT2D eigenvalue weighted by molar-refractivity contribution is -0.136. The van der Waals surface area contributed by atoms with Crippen molar-refractivity contribution >= 4 is 76.2 Å². The third-order valence-corrected chi connectivity index (χ3v) is 15.6. The van der Waals surface area contributed by atoms with E-state index < -0.39 is 7.14 Å². The number of nitrogens with two attached hydrogens (primary N) is 1. The summed E-state index contributed by atoms with van der Waals surface area (Å²) in [4.78, 5) is 53.8. The Labute approximate surface area is 399 Å². The zero-order chi connectivity index (χ0) is 47.1. The number of anilines is 6. The standard InChI is InChI=1S/C51H63ClN9O5P/c1-66-46-32-39(16-17-43(46)56-51-54-33-42(52)49(58-51)55-44-11-7-8-12-47(44)67(2,3)65)60-22-19-38(20-23-60)61-26-24-59(25-27-61)21-9-5-4-6-10-36-30-37(53)31-41-40(36)28-34(29-45(41)62)13-14-35-15-18-48(63)57-50(35)64/h7-8,11-12,16-17,30-35,38H,4-5,9,13-15,18-29,53H2,1-3H3,(H,57,63,64)(H2,54,55,56,58). The number of imide groups is 1. The number of hydrogen-bond donors (Lipinski definition) is 4. The second-order valence-electron chi connectivity index (χ2n) is 18.8. The first-order chi connectivity index (χ1) is 32.3. The quantitative estimate of drug-likeness (QED) is 0.0299. The summed E-state index contributed by atoms with van der Waals surface area (Å²) in [6.45, 7) is 10.8. The molecule has 8 rings (SSSR count). The van der Waals surface area contributed by atoms with Crippen LogP contribution in [-0.4, -0.2) is 110 Å². The summed E-state index contributed by atoms with van der Waals surface area (Å²) in [5.74, 6) is 7.87. The zero-order valence-electron chi connectivity index (χ0n) is 38.9. The number of piperidine rings is 2. The summed E-state index contributed by atoms with van der Waals surface area (Å²) in [6, 6.07) is 17.9. The molecule has 354 valence electrons. The van der Waals surface area contributed by atoms with Crippen LogP contribution in [0, 0.1) is 23.7 Å². The molecule has 2 atom stereocenters. The Kier molecular flexibility index (Phi) is 15.5. The van der Waals surface area contributed by atoms with Crippen molar-refractivity contribution in [1.29, 1.82) is 0 Å². The summed E-state index contributed by atoms with van der Waals surface area (Å²) in [5.41, 5.74) is 11.9. The molecule has 1 aliphatic carbocycles. The highest BCUT2D eigenvalue weighted by molar-refractivity contribution is 7.70. The normalized spacial score (nSPS) is 19.6. The monoisotopic (exact) mass is 947 g/mol. The number of carbonyl (C=O) groups is 3. The fraction of sp³-hybridized carbons (Fsp3) is 0.471. The highest BCUT2D eigenvalue weighted by Gasteiger charge is 2.32. The van der Waals surface area contributed by atoms with Gasteiger partial charge in [-0.1, -0.05) is 35.6 Å². The maximum atomic E-state index is 13.2. The van der Waals surface area contributed by atoms with Crippen molar-refractivity contribution in [2.24, 2.45) is 11.8 Å². The molecule has 3 aromatic carbocycles. The van der Waals surface area contributed by atoms with Crippen LogP contribution < -0.4 is 36.6 Å². The van der Waals surface area contributed by atoms with Gasteiger partial charge in [0.15, 0.2) is 11.6 Å². The van der Waals surface area contributed by atoms with Gasteiger partial charge in [0.2, 0.25) is 17.8 Å². The van der Waals surface area contributed by atoms with Crippen molar-refractivity contribution in [1.82, 2.24) is 25.1 Å². The van der Waals surface area contributed by atoms with E-state index in [0.717, 1.165) is 119 Å². The number of hydrogen-bond acceptors (Lipinski definition) is 13. The van der Waals surface area contributed by atoms with Crippen LogP contribution in [0.4, 0.5) is 34.5 Å². The molecule has 1 aromatic heterocycles. The van der Waals surface area contributed by atoms with Crippen LogP contribution in [0.5, 0.6) is 5.75 Å². The lowest BCUT2D eigenvalue weighted by atomic mass is 9.77. The fourth-order valence-corrected chi connectivity index (χ4v) is 11.3. The number of para-hydroxylation sites is 1. The number of ketones is 1. The first-order valence-corrected chi connectivity index (χ1v) is 26.7. The molecule has 4 heterocycles. The number of piperazine rings is 1. The van der Waals surface area contributed by atoms with Gasteiger partial charge in [-0.3, -0.25) is 24.6 Å². The number of nitrogen functional groups attached to an aromatic ring is 1. The average molecular weight is 949 g/mol. The summed E-state index contributed by atoms with van der Waals surface area (Å²) < 4.78 is 18.8. The Morgan fingerprint density at radius 3 is 2.48 bits per heavy atom. The Bertz CT molecular complexity index is 2580. The van der Waals surface area contributed by atoms with Crippen molar-refractivity contribution in [2.75, 3.05) is 87.5 Å². The predicted octanol–water partition coefficient (Wildman–Crippen LogP) is 7.84. The van der Waals surface area contributed by atoms with Gasteiger partial charge in [0.25, 0.3) is 0 Å². The molecule has 0 bridgehead atoms. The van der Waals surface area contributed by atoms with Gasteiger partial charge in [-0.2, -0.15) is 4.98 Å². The maximum Gasteiger partial charge on any atom is 0.229 e. The van der Waals surface area contributed by atoms with Crippen molar-refractivity contribution in [3.05, 3.63) is 82.5 Å². The Balaban J connectivity index is 0.761. The summed E-state index contributed by atoms with van der Waals surface area (Å²) in [7, 11) is -0.885. The summed E-state index contributed by atoms with van der Waals surface area (Å²) in [5, 5.41) is 10.1. The van der Waals surface area contributed by atoms with Crippen LogP contribution in [0.2, 0.25) is 5.02 Å². The molecule has 16 heteroatoms. The fourth-order valence-electron chi connectivity index (χ4n) is 10.0. The number of nitrogens with one attached hydrogen (secondary N) is 3. The van der Waals surface area contributed by atoms with Crippen molar-refractivity contribution in [3.8, 4) is 17.6 Å². The van der Waals surface area contributed by atoms with Crippen molar-refractivity contribution in [3.63, 3.8) is 0 Å². The number of benzene rings is 3. The van der Waals surface area contributed by atoms with Gasteiger partial charge < -0.3 is 35.5 Å². The van der Waals surface area contributed by atoms with Crippen LogP contribution in [-0.2, 0) is 20.6 Å². The number of aromatic nitrogens is 2. The second-order valence-corrected chi connectivity index (χ2v) is 22.4. The molecule has 3 fully saturated rings. The molecular weight excluding hydrogens is 885 g/mol. The number of methoxy groups -OCH3 is 1. The molecule has 14 nitrogen and oxygen atoms in total. The van der Waals surface area contributed by atoms with Crippen LogP contribution in [0.15, 0.2) is 60.8 Å². The number of halogens is 1. The lowest BCUT2D eigenvalue weighted by Crippen LogP contribution is -2.53. The van der Waals surface area contributed by atoms with Gasteiger partial charge in [-0.05, 0) is 119 Å². The summed E-state index contributed by atoms with van der Waals surface area (Å²) >= 11 is 6.50. The van der Waals surface area contributed by atoms with Gasteiger partial charge in [0, 0.05) is 104 Å². The van der Waals surface area contributed by atoms with Gasteiger partial charge in [-0.25, -0.2) is 4.98 Å². The SMILES string of the molecule is COc1cc(N2CCC(N3CCN(CCCCC#Cc4cc(N)cc5c4CC(CCC4CCC(=O)NC4=O)CC5=O)CC3)CC2)ccc1Nc1ncc(Cl)c(Nc2ccccc2P(C)(C)=O)n1. The van der Waals surface area contributed by atoms with Crippen molar-refractivity contribution in [2.45, 2.75) is 76.7 Å². The van der Waals surface area contributed by atoms with Crippen LogP contribution >= 0.6 is 18.7 Å². The van der Waals surface area contributed by atoms with Crippen LogP contribution in [0.3, 0.4) is 0 Å². The number of rotatable bonds is 15. The molecule has 4 aromatic rings. The minimum Gasteiger partial charge on any atom is -0.494 e. The molecular formula is C51H63ClN9O5P. The molecule has 67 heavy (non-hydrogen) atoms. The molecule has 4 aliphatic rings. The molecule has 0 spiro atoms. The number of Topliss-reactive ketones (excluding diaryl/α,β-unsaturated/α-hetero) is 1. The zero-order valence-corrected chi connectivity index (χ0v) is 40.6. The Morgan fingerprint density at radius 2 is 1.72 bits per heavy atom. The first-order valence-electron chi connectivity index (χ1n) is 23.7. The number of amides is 2. The van der Waals surface area contributed by atoms with Crippen LogP contribution in [0.25, 0.3) is 0 Å². The second kappa shape index (κ2) is 21.7. The predicted molar refractivity (Wildman–Crippen MR) is 268 cm³/mol. The van der Waals surface area contributed by atoms with E-state index in [1.165, 1.54) is 6.20 Å². The molecule has 2 unspecified atom stereocenters. The number of fused-ring (bicyclic) bond motifs is 1. The van der Waals surface area contributed by atoms with E-state index in [0.29, 0.717) is 71.2 Å². The number of carbonyl (C=O) groups excluding carboxylic acids is 3. The van der Waals surface area contributed by atoms with E-state index in [1.807, 2.05) is 36.4 Å². The first kappa shape index (κ1) is 48.0. The van der Waals surface area contributed by atoms with E-state index in [9.17, 15) is 18.9 Å². The minimum atomic E-state index is -2.55. The lowest BCUT2D eigenvalue weighted by Gasteiger charge is -2.43. The molecule has 3 aliphatic heterocycles. The summed E-state index contributed by atoms with van der Waals surface area (Å²) in [6.07, 6.45) is 10.2. The van der Waals surface area contributed by atoms with E-state index in [-0.39, 0.29) is 29.4 Å². The molecule has 0 saturated carbocycles. The smallest absolute Gasteiger partial charge is 0.229 e. The Morgan fingerprint density at radius 1 is 0.925 bits per heavy atom. The van der Waals surface area contributed by atoms with E-state index in [1.54, 1.807) is 26.5 Å². The van der Waals surface area contributed by atoms with Gasteiger partial charge in [0.05, 0.1) is 24.7 Å². The highest BCUT2D eigenvalue weighted by Crippen LogP contribution is 2.39. The number of unbranched alkanes of at least 4 members (excludes halogenated alkanes) is 2. The average Bonchev–Trinajstić information content (AvgIpc) is 3.31. The third kappa shape index (κ3) is 12.2. The molecule has 5 N–H and O–H groups in total. The molecule has 3 saturated heterocycles. The van der Waals surface area contributed by atoms with E-state index in [2.05, 4.69) is 64.6 Å². The number of ether oxygens (including phenoxy) is 1. The Hall–Kier alpha value is -5.45. The molecule has 2 amide bonds. The van der Waals surface area contributed by atoms with E-state index >= 15 is 0 Å². The van der Waals surface area contributed by atoms with Crippen molar-refractivity contribution < 1.29 is 23.7 Å². The topological polar surface area (TPSA) is 175 Å². The number of nitrogens with zero attached hydrogens (tertiary/aromatic N) is 5. The maximum absolute atomic E-state index is 13.2. The van der Waals surface area contributed by atoms with Crippen LogP contribution in [0.1, 0.15) is 85.7 Å². The van der Waals surface area contributed by atoms with Gasteiger partial charge >= 0.3 is 0 Å². The molecule has 0 radical (unpaired) electrons.